The zero-order chi connectivity index (χ0) is 18.0. The van der Waals surface area contributed by atoms with Crippen LogP contribution in [0.5, 0.6) is 0 Å². The molecule has 0 aliphatic heterocycles. The SMILES string of the molecule is CCNC(=NCc1ccc(F)cc1CSC)NCC(C)(CC)CO. The molecule has 0 aromatic heterocycles. The highest BCUT2D eigenvalue weighted by atomic mass is 32.2. The van der Waals surface area contributed by atoms with E-state index in [0.717, 1.165) is 29.8 Å². The molecule has 6 heteroatoms. The van der Waals surface area contributed by atoms with Crippen molar-refractivity contribution in [3.05, 3.63) is 35.1 Å². The van der Waals surface area contributed by atoms with Crippen LogP contribution in [-0.4, -0.2) is 37.0 Å². The van der Waals surface area contributed by atoms with Crippen LogP contribution in [0.15, 0.2) is 23.2 Å². The van der Waals surface area contributed by atoms with Crippen LogP contribution in [0.4, 0.5) is 4.39 Å². The van der Waals surface area contributed by atoms with Gasteiger partial charge in [-0.05, 0) is 42.9 Å². The van der Waals surface area contributed by atoms with Crippen LogP contribution in [0, 0.1) is 11.2 Å². The largest absolute Gasteiger partial charge is 0.396 e. The Bertz CT molecular complexity index is 533. The van der Waals surface area contributed by atoms with E-state index >= 15 is 0 Å². The number of aliphatic hydroxyl groups is 1. The number of rotatable bonds is 9. The van der Waals surface area contributed by atoms with E-state index in [9.17, 15) is 9.50 Å². The Labute approximate surface area is 149 Å². The Kier molecular flexibility index (Phi) is 9.14. The van der Waals surface area contributed by atoms with Gasteiger partial charge in [0.15, 0.2) is 5.96 Å². The third-order valence-corrected chi connectivity index (χ3v) is 4.74. The fourth-order valence-corrected chi connectivity index (χ4v) is 2.71. The minimum atomic E-state index is -0.210. The third-order valence-electron chi connectivity index (χ3n) is 4.14. The number of aliphatic imine (C=N–C) groups is 1. The first kappa shape index (κ1) is 20.8. The summed E-state index contributed by atoms with van der Waals surface area (Å²) in [6.45, 7) is 8.15. The number of halogens is 1. The predicted octanol–water partition coefficient (Wildman–Crippen LogP) is 3.15. The van der Waals surface area contributed by atoms with E-state index in [-0.39, 0.29) is 17.8 Å². The van der Waals surface area contributed by atoms with Gasteiger partial charge < -0.3 is 15.7 Å². The first-order valence-electron chi connectivity index (χ1n) is 8.37. The fourth-order valence-electron chi connectivity index (χ4n) is 2.13. The van der Waals surface area contributed by atoms with Crippen molar-refractivity contribution in [2.24, 2.45) is 10.4 Å². The minimum Gasteiger partial charge on any atom is -0.396 e. The summed E-state index contributed by atoms with van der Waals surface area (Å²) in [5.74, 6) is 1.27. The van der Waals surface area contributed by atoms with Crippen molar-refractivity contribution in [3.8, 4) is 0 Å². The number of nitrogens with zero attached hydrogens (tertiary/aromatic N) is 1. The van der Waals surface area contributed by atoms with Gasteiger partial charge in [-0.3, -0.25) is 0 Å². The molecule has 1 atom stereocenters. The van der Waals surface area contributed by atoms with Gasteiger partial charge in [-0.2, -0.15) is 11.8 Å². The van der Waals surface area contributed by atoms with Crippen molar-refractivity contribution < 1.29 is 9.50 Å². The van der Waals surface area contributed by atoms with E-state index in [0.29, 0.717) is 19.0 Å². The summed E-state index contributed by atoms with van der Waals surface area (Å²) < 4.78 is 13.4. The summed E-state index contributed by atoms with van der Waals surface area (Å²) in [4.78, 5) is 4.61. The summed E-state index contributed by atoms with van der Waals surface area (Å²) in [5, 5.41) is 16.0. The zero-order valence-electron chi connectivity index (χ0n) is 15.2. The highest BCUT2D eigenvalue weighted by Gasteiger charge is 2.21. The van der Waals surface area contributed by atoms with Gasteiger partial charge in [-0.25, -0.2) is 9.38 Å². The second kappa shape index (κ2) is 10.6. The van der Waals surface area contributed by atoms with Crippen LogP contribution in [0.25, 0.3) is 0 Å². The molecule has 1 unspecified atom stereocenters. The lowest BCUT2D eigenvalue weighted by atomic mass is 9.89. The fraction of sp³-hybridized carbons (Fsp3) is 0.611. The molecular weight excluding hydrogens is 325 g/mol. The molecule has 0 bridgehead atoms. The van der Waals surface area contributed by atoms with Crippen molar-refractivity contribution in [1.29, 1.82) is 0 Å². The monoisotopic (exact) mass is 355 g/mol. The Hall–Kier alpha value is -1.27. The first-order valence-corrected chi connectivity index (χ1v) is 9.76. The van der Waals surface area contributed by atoms with E-state index in [2.05, 4.69) is 22.5 Å². The highest BCUT2D eigenvalue weighted by molar-refractivity contribution is 7.97. The molecule has 136 valence electrons. The topological polar surface area (TPSA) is 56.7 Å². The van der Waals surface area contributed by atoms with Crippen molar-refractivity contribution in [3.63, 3.8) is 0 Å². The van der Waals surface area contributed by atoms with Crippen molar-refractivity contribution >= 4 is 17.7 Å². The van der Waals surface area contributed by atoms with Gasteiger partial charge in [-0.1, -0.05) is 19.9 Å². The molecule has 1 aromatic rings. The van der Waals surface area contributed by atoms with E-state index < -0.39 is 0 Å². The average molecular weight is 356 g/mol. The standard InChI is InChI=1S/C18H30FN3OS/c1-5-18(3,13-23)12-22-17(20-6-2)21-10-14-7-8-16(19)9-15(14)11-24-4/h7-9,23H,5-6,10-13H2,1-4H3,(H2,20,21,22). The number of benzene rings is 1. The molecule has 1 aromatic carbocycles. The van der Waals surface area contributed by atoms with E-state index in [1.807, 2.05) is 20.1 Å². The van der Waals surface area contributed by atoms with E-state index in [4.69, 9.17) is 0 Å². The average Bonchev–Trinajstić information content (AvgIpc) is 2.58. The predicted molar refractivity (Wildman–Crippen MR) is 102 cm³/mol. The Morgan fingerprint density at radius 1 is 1.29 bits per heavy atom. The van der Waals surface area contributed by atoms with E-state index in [1.54, 1.807) is 23.9 Å². The van der Waals surface area contributed by atoms with Gasteiger partial charge in [0.2, 0.25) is 0 Å². The van der Waals surface area contributed by atoms with Crippen molar-refractivity contribution in [2.75, 3.05) is 26.0 Å². The van der Waals surface area contributed by atoms with Crippen LogP contribution in [0.3, 0.4) is 0 Å². The number of hydrogen-bond donors (Lipinski definition) is 3. The molecular formula is C18H30FN3OS. The molecule has 0 heterocycles. The molecule has 0 aliphatic carbocycles. The lowest BCUT2D eigenvalue weighted by molar-refractivity contribution is 0.140. The molecule has 1 rings (SSSR count). The highest BCUT2D eigenvalue weighted by Crippen LogP contribution is 2.19. The molecule has 0 radical (unpaired) electrons. The lowest BCUT2D eigenvalue weighted by Gasteiger charge is -2.26. The summed E-state index contributed by atoms with van der Waals surface area (Å²) in [7, 11) is 0. The van der Waals surface area contributed by atoms with Gasteiger partial charge in [-0.15, -0.1) is 0 Å². The van der Waals surface area contributed by atoms with Crippen LogP contribution < -0.4 is 10.6 Å². The summed E-state index contributed by atoms with van der Waals surface area (Å²) in [6, 6.07) is 4.87. The quantitative estimate of drug-likeness (QED) is 0.470. The second-order valence-electron chi connectivity index (χ2n) is 6.22. The smallest absolute Gasteiger partial charge is 0.191 e. The van der Waals surface area contributed by atoms with Crippen molar-refractivity contribution in [2.45, 2.75) is 39.5 Å². The number of thioether (sulfide) groups is 1. The molecule has 0 amide bonds. The number of hydrogen-bond acceptors (Lipinski definition) is 3. The lowest BCUT2D eigenvalue weighted by Crippen LogP contribution is -2.43. The van der Waals surface area contributed by atoms with E-state index in [1.165, 1.54) is 6.07 Å². The summed E-state index contributed by atoms with van der Waals surface area (Å²) >= 11 is 1.67. The molecule has 3 N–H and O–H groups in total. The van der Waals surface area contributed by atoms with Crippen LogP contribution in [-0.2, 0) is 12.3 Å². The van der Waals surface area contributed by atoms with Crippen molar-refractivity contribution in [1.82, 2.24) is 10.6 Å². The molecule has 24 heavy (non-hydrogen) atoms. The maximum atomic E-state index is 13.4. The van der Waals surface area contributed by atoms with Gasteiger partial charge in [0.05, 0.1) is 13.2 Å². The maximum Gasteiger partial charge on any atom is 0.191 e. The van der Waals surface area contributed by atoms with Crippen LogP contribution in [0.2, 0.25) is 0 Å². The molecule has 0 aliphatic rings. The number of aliphatic hydroxyl groups excluding tert-OH is 1. The second-order valence-corrected chi connectivity index (χ2v) is 7.08. The maximum absolute atomic E-state index is 13.4. The Balaban J connectivity index is 2.82. The molecule has 0 saturated heterocycles. The Morgan fingerprint density at radius 2 is 2.04 bits per heavy atom. The number of nitrogens with one attached hydrogen (secondary N) is 2. The molecule has 0 saturated carbocycles. The third kappa shape index (κ3) is 6.69. The zero-order valence-corrected chi connectivity index (χ0v) is 16.0. The van der Waals surface area contributed by atoms with Gasteiger partial charge in [0, 0.05) is 24.3 Å². The summed E-state index contributed by atoms with van der Waals surface area (Å²) in [5.41, 5.74) is 1.84. The van der Waals surface area contributed by atoms with Crippen LogP contribution in [0.1, 0.15) is 38.3 Å². The molecule has 0 spiro atoms. The summed E-state index contributed by atoms with van der Waals surface area (Å²) in [6.07, 6.45) is 2.88. The van der Waals surface area contributed by atoms with Gasteiger partial charge in [0.1, 0.15) is 5.82 Å². The molecule has 4 nitrogen and oxygen atoms in total. The molecule has 0 fully saturated rings. The Morgan fingerprint density at radius 3 is 2.62 bits per heavy atom. The van der Waals surface area contributed by atoms with Crippen LogP contribution >= 0.6 is 11.8 Å². The minimum absolute atomic E-state index is 0.131. The first-order chi connectivity index (χ1) is 11.5. The normalized spacial score (nSPS) is 14.3. The van der Waals surface area contributed by atoms with Gasteiger partial charge in [0.25, 0.3) is 0 Å². The van der Waals surface area contributed by atoms with Gasteiger partial charge >= 0.3 is 0 Å². The number of guanidine groups is 1.